The van der Waals surface area contributed by atoms with Gasteiger partial charge >= 0.3 is 5.97 Å². The van der Waals surface area contributed by atoms with Crippen LogP contribution in [0.25, 0.3) is 10.9 Å². The van der Waals surface area contributed by atoms with Gasteiger partial charge < -0.3 is 43.2 Å². The zero-order valence-electron chi connectivity index (χ0n) is 21.0. The topological polar surface area (TPSA) is 231 Å². The third-order valence-electron chi connectivity index (χ3n) is 5.74. The molecule has 13 nitrogen and oxygen atoms in total. The maximum atomic E-state index is 13.3. The second-order valence-electron chi connectivity index (χ2n) is 8.97. The average molecular weight is 517 g/mol. The summed E-state index contributed by atoms with van der Waals surface area (Å²) in [7, 11) is 0. The number of nitrogens with one attached hydrogen (secondary N) is 4. The molecule has 0 saturated carbocycles. The first-order chi connectivity index (χ1) is 17.5. The quantitative estimate of drug-likeness (QED) is 0.0871. The second-order valence-corrected chi connectivity index (χ2v) is 8.97. The molecule has 202 valence electrons. The Hall–Kier alpha value is -4.13. The van der Waals surface area contributed by atoms with E-state index < -0.39 is 47.7 Å². The highest BCUT2D eigenvalue weighted by Crippen LogP contribution is 2.19. The molecule has 1 heterocycles. The number of fused-ring (bicyclic) bond motifs is 1. The molecule has 1 aromatic heterocycles. The average Bonchev–Trinajstić information content (AvgIpc) is 3.25. The van der Waals surface area contributed by atoms with Crippen LogP contribution in [0, 0.1) is 5.92 Å². The smallest absolute Gasteiger partial charge is 0.326 e. The summed E-state index contributed by atoms with van der Waals surface area (Å²) in [6.07, 6.45) is 2.34. The van der Waals surface area contributed by atoms with E-state index in [4.69, 9.17) is 17.2 Å². The lowest BCUT2D eigenvalue weighted by molar-refractivity contribution is -0.143. The number of aliphatic carboxylic acids is 1. The summed E-state index contributed by atoms with van der Waals surface area (Å²) in [5.41, 5.74) is 17.8. The Labute approximate surface area is 214 Å². The van der Waals surface area contributed by atoms with Gasteiger partial charge in [-0.2, -0.15) is 0 Å². The molecule has 3 unspecified atom stereocenters. The Morgan fingerprint density at radius 2 is 1.70 bits per heavy atom. The van der Waals surface area contributed by atoms with Crippen LogP contribution in [0.5, 0.6) is 0 Å². The molecule has 0 bridgehead atoms. The standard InChI is InChI=1S/C24H36N8O5/c1-13(2)20(23(36)37)32-21(34)17(8-5-9-28-24(26)27)31-22(35)18(30-19(33)11-25)10-14-12-29-16-7-4-3-6-15(14)16/h3-4,6-7,12-13,17-18,20,29H,5,8-11,25H2,1-2H3,(H,30,33)(H,31,35)(H,32,34)(H,36,37)(H4,26,27,28). The van der Waals surface area contributed by atoms with E-state index in [-0.39, 0.29) is 31.9 Å². The first-order valence-electron chi connectivity index (χ1n) is 12.0. The number of carboxylic acid groups (broad SMARTS) is 1. The summed E-state index contributed by atoms with van der Waals surface area (Å²) >= 11 is 0. The number of amides is 3. The normalized spacial score (nSPS) is 13.4. The molecule has 2 rings (SSSR count). The van der Waals surface area contributed by atoms with Crippen molar-refractivity contribution in [2.75, 3.05) is 13.1 Å². The van der Waals surface area contributed by atoms with Crippen LogP contribution in [0.4, 0.5) is 0 Å². The highest BCUT2D eigenvalue weighted by molar-refractivity contribution is 5.94. The van der Waals surface area contributed by atoms with Gasteiger partial charge in [-0.1, -0.05) is 32.0 Å². The van der Waals surface area contributed by atoms with Crippen molar-refractivity contribution in [2.45, 2.75) is 51.2 Å². The third-order valence-corrected chi connectivity index (χ3v) is 5.74. The molecule has 0 radical (unpaired) electrons. The van der Waals surface area contributed by atoms with Gasteiger partial charge in [0, 0.05) is 30.1 Å². The summed E-state index contributed by atoms with van der Waals surface area (Å²) in [5.74, 6) is -3.53. The summed E-state index contributed by atoms with van der Waals surface area (Å²) in [5, 5.41) is 18.1. The fraction of sp³-hybridized carbons (Fsp3) is 0.458. The number of nitrogens with two attached hydrogens (primary N) is 3. The number of hydrogen-bond acceptors (Lipinski definition) is 6. The summed E-state index contributed by atoms with van der Waals surface area (Å²) in [6.45, 7) is 3.20. The van der Waals surface area contributed by atoms with Gasteiger partial charge in [0.25, 0.3) is 0 Å². The number of benzene rings is 1. The minimum Gasteiger partial charge on any atom is -0.480 e. The molecule has 11 N–H and O–H groups in total. The number of aromatic nitrogens is 1. The van der Waals surface area contributed by atoms with Crippen LogP contribution in [0.15, 0.2) is 35.5 Å². The van der Waals surface area contributed by atoms with Crippen LogP contribution >= 0.6 is 0 Å². The van der Waals surface area contributed by atoms with Crippen molar-refractivity contribution in [2.24, 2.45) is 28.1 Å². The van der Waals surface area contributed by atoms with Crippen LogP contribution in [0.3, 0.4) is 0 Å². The molecule has 37 heavy (non-hydrogen) atoms. The van der Waals surface area contributed by atoms with E-state index in [1.165, 1.54) is 0 Å². The number of guanidine groups is 1. The van der Waals surface area contributed by atoms with Gasteiger partial charge in [-0.15, -0.1) is 0 Å². The lowest BCUT2D eigenvalue weighted by atomic mass is 10.0. The second kappa shape index (κ2) is 13.8. The fourth-order valence-electron chi connectivity index (χ4n) is 3.80. The number of carboxylic acids is 1. The molecule has 3 amide bonds. The minimum absolute atomic E-state index is 0.112. The van der Waals surface area contributed by atoms with Gasteiger partial charge in [-0.25, -0.2) is 4.79 Å². The number of carbonyl (C=O) groups excluding carboxylic acids is 3. The van der Waals surface area contributed by atoms with Crippen molar-refractivity contribution < 1.29 is 24.3 Å². The Morgan fingerprint density at radius 1 is 1.03 bits per heavy atom. The lowest BCUT2D eigenvalue weighted by Crippen LogP contribution is -2.57. The number of aromatic amines is 1. The van der Waals surface area contributed by atoms with Gasteiger partial charge in [0.15, 0.2) is 5.96 Å². The Bertz CT molecular complexity index is 1130. The van der Waals surface area contributed by atoms with Crippen LogP contribution in [-0.4, -0.2) is 71.0 Å². The molecule has 0 aliphatic rings. The van der Waals surface area contributed by atoms with Crippen LogP contribution in [0.2, 0.25) is 0 Å². The lowest BCUT2D eigenvalue weighted by Gasteiger charge is -2.25. The Morgan fingerprint density at radius 3 is 2.32 bits per heavy atom. The van der Waals surface area contributed by atoms with Crippen molar-refractivity contribution in [3.63, 3.8) is 0 Å². The van der Waals surface area contributed by atoms with Gasteiger partial charge in [0.1, 0.15) is 18.1 Å². The monoisotopic (exact) mass is 516 g/mol. The number of rotatable bonds is 14. The molecule has 0 saturated heterocycles. The molecule has 1 aromatic carbocycles. The predicted molar refractivity (Wildman–Crippen MR) is 139 cm³/mol. The van der Waals surface area contributed by atoms with Gasteiger partial charge in [0.05, 0.1) is 6.54 Å². The predicted octanol–water partition coefficient (Wildman–Crippen LogP) is -1.08. The van der Waals surface area contributed by atoms with Crippen molar-refractivity contribution in [1.82, 2.24) is 20.9 Å². The zero-order chi connectivity index (χ0) is 27.5. The van der Waals surface area contributed by atoms with Crippen LogP contribution in [0.1, 0.15) is 32.3 Å². The van der Waals surface area contributed by atoms with E-state index >= 15 is 0 Å². The molecule has 13 heteroatoms. The summed E-state index contributed by atoms with van der Waals surface area (Å²) in [6, 6.07) is 4.22. The maximum absolute atomic E-state index is 13.3. The van der Waals surface area contributed by atoms with Crippen molar-refractivity contribution in [3.05, 3.63) is 36.0 Å². The van der Waals surface area contributed by atoms with Crippen molar-refractivity contribution in [3.8, 4) is 0 Å². The Kier molecular flexibility index (Phi) is 10.9. The highest BCUT2D eigenvalue weighted by atomic mass is 16.4. The van der Waals surface area contributed by atoms with Crippen molar-refractivity contribution in [1.29, 1.82) is 0 Å². The largest absolute Gasteiger partial charge is 0.480 e. The molecule has 0 aliphatic carbocycles. The zero-order valence-corrected chi connectivity index (χ0v) is 21.0. The number of carbonyl (C=O) groups is 4. The molecular formula is C24H36N8O5. The SMILES string of the molecule is CC(C)C(NC(=O)C(CCCN=C(N)N)NC(=O)C(Cc1c[nH]c2ccccc12)NC(=O)CN)C(=O)O. The van der Waals surface area contributed by atoms with E-state index in [1.54, 1.807) is 20.0 Å². The first kappa shape index (κ1) is 29.1. The van der Waals surface area contributed by atoms with E-state index in [0.717, 1.165) is 16.5 Å². The molecule has 0 spiro atoms. The highest BCUT2D eigenvalue weighted by Gasteiger charge is 2.30. The van der Waals surface area contributed by atoms with Crippen LogP contribution < -0.4 is 33.2 Å². The molecule has 2 aromatic rings. The van der Waals surface area contributed by atoms with Crippen LogP contribution in [-0.2, 0) is 25.6 Å². The number of para-hydroxylation sites is 1. The molecule has 3 atom stereocenters. The summed E-state index contributed by atoms with van der Waals surface area (Å²) in [4.78, 5) is 57.1. The fourth-order valence-corrected chi connectivity index (χ4v) is 3.80. The first-order valence-corrected chi connectivity index (χ1v) is 12.0. The number of H-pyrrole nitrogens is 1. The molecule has 0 aliphatic heterocycles. The summed E-state index contributed by atoms with van der Waals surface area (Å²) < 4.78 is 0. The number of nitrogens with zero attached hydrogens (tertiary/aromatic N) is 1. The maximum Gasteiger partial charge on any atom is 0.326 e. The van der Waals surface area contributed by atoms with Crippen molar-refractivity contribution >= 4 is 40.6 Å². The van der Waals surface area contributed by atoms with Gasteiger partial charge in [-0.05, 0) is 30.4 Å². The van der Waals surface area contributed by atoms with Gasteiger partial charge in [0.2, 0.25) is 17.7 Å². The Balaban J connectivity index is 2.25. The number of aliphatic imine (C=N–C) groups is 1. The molecule has 0 fully saturated rings. The van der Waals surface area contributed by atoms with E-state index in [0.29, 0.717) is 6.42 Å². The van der Waals surface area contributed by atoms with E-state index in [2.05, 4.69) is 25.9 Å². The minimum atomic E-state index is -1.19. The van der Waals surface area contributed by atoms with E-state index in [1.807, 2.05) is 24.3 Å². The molecular weight excluding hydrogens is 480 g/mol. The third kappa shape index (κ3) is 8.79. The van der Waals surface area contributed by atoms with E-state index in [9.17, 15) is 24.3 Å². The van der Waals surface area contributed by atoms with Gasteiger partial charge in [-0.3, -0.25) is 19.4 Å². The number of hydrogen-bond donors (Lipinski definition) is 8.